The van der Waals surface area contributed by atoms with E-state index in [1.807, 2.05) is 6.92 Å². The second kappa shape index (κ2) is 7.91. The molecule has 2 heterocycles. The lowest BCUT2D eigenvalue weighted by Crippen LogP contribution is -2.18. The number of ether oxygens (including phenoxy) is 1. The van der Waals surface area contributed by atoms with Crippen LogP contribution in [0.15, 0.2) is 6.20 Å². The number of carbonyl (C=O) groups excluding carboxylic acids is 2. The zero-order valence-corrected chi connectivity index (χ0v) is 16.0. The molecule has 2 N–H and O–H groups in total. The summed E-state index contributed by atoms with van der Waals surface area (Å²) in [6, 6.07) is 0. The number of nitrogens with one attached hydrogen (secondary N) is 1. The fourth-order valence-corrected chi connectivity index (χ4v) is 4.44. The van der Waals surface area contributed by atoms with Crippen molar-refractivity contribution >= 4 is 34.2 Å². The first-order valence-corrected chi connectivity index (χ1v) is 9.64. The van der Waals surface area contributed by atoms with E-state index in [-0.39, 0.29) is 11.3 Å². The first-order chi connectivity index (χ1) is 12.9. The number of carbonyl (C=O) groups is 3. The van der Waals surface area contributed by atoms with Crippen molar-refractivity contribution in [2.24, 2.45) is 7.05 Å². The Morgan fingerprint density at radius 1 is 1.33 bits per heavy atom. The number of fused-ring (bicyclic) bond motifs is 1. The molecule has 27 heavy (non-hydrogen) atoms. The molecule has 0 unspecified atom stereocenters. The van der Waals surface area contributed by atoms with Gasteiger partial charge in [0.15, 0.2) is 5.69 Å². The summed E-state index contributed by atoms with van der Waals surface area (Å²) in [5.41, 5.74) is 1.08. The van der Waals surface area contributed by atoms with Crippen LogP contribution in [0.5, 0.6) is 0 Å². The first-order valence-electron chi connectivity index (χ1n) is 8.82. The molecule has 8 nitrogen and oxygen atoms in total. The van der Waals surface area contributed by atoms with Crippen molar-refractivity contribution in [1.29, 1.82) is 0 Å². The fraction of sp³-hybridized carbons (Fsp3) is 0.444. The van der Waals surface area contributed by atoms with Gasteiger partial charge in [0.1, 0.15) is 5.00 Å². The maximum Gasteiger partial charge on any atom is 0.354 e. The monoisotopic (exact) mass is 391 g/mol. The number of aromatic nitrogens is 2. The van der Waals surface area contributed by atoms with E-state index >= 15 is 0 Å². The summed E-state index contributed by atoms with van der Waals surface area (Å²) in [4.78, 5) is 37.7. The van der Waals surface area contributed by atoms with Crippen molar-refractivity contribution in [2.45, 2.75) is 39.0 Å². The average molecular weight is 391 g/mol. The van der Waals surface area contributed by atoms with Crippen LogP contribution in [0.3, 0.4) is 0 Å². The minimum absolute atomic E-state index is 0.0516. The zero-order chi connectivity index (χ0) is 19.6. The molecule has 1 aliphatic carbocycles. The Balaban J connectivity index is 1.95. The summed E-state index contributed by atoms with van der Waals surface area (Å²) in [6.07, 6.45) is 5.56. The second-order valence-electron chi connectivity index (χ2n) is 6.34. The molecule has 9 heteroatoms. The molecule has 0 aromatic carbocycles. The third kappa shape index (κ3) is 3.73. The molecule has 0 radical (unpaired) electrons. The number of rotatable bonds is 6. The van der Waals surface area contributed by atoms with Gasteiger partial charge in [-0.3, -0.25) is 9.48 Å². The molecule has 0 aliphatic heterocycles. The Kier molecular flexibility index (Phi) is 5.59. The largest absolute Gasteiger partial charge is 0.477 e. The van der Waals surface area contributed by atoms with E-state index in [0.717, 1.165) is 40.8 Å². The molecule has 0 saturated heterocycles. The van der Waals surface area contributed by atoms with E-state index in [2.05, 4.69) is 10.4 Å². The molecule has 0 atom stereocenters. The Morgan fingerprint density at radius 3 is 2.78 bits per heavy atom. The first kappa shape index (κ1) is 19.1. The number of carboxylic acid groups (broad SMARTS) is 1. The number of aryl methyl sites for hydroxylation is 2. The number of aromatic carboxylic acids is 1. The molecule has 0 bridgehead atoms. The van der Waals surface area contributed by atoms with E-state index < -0.39 is 17.8 Å². The van der Waals surface area contributed by atoms with E-state index in [1.165, 1.54) is 24.6 Å². The number of amides is 1. The maximum absolute atomic E-state index is 12.7. The summed E-state index contributed by atoms with van der Waals surface area (Å²) < 4.78 is 6.43. The van der Waals surface area contributed by atoms with E-state index in [0.29, 0.717) is 23.6 Å². The lowest BCUT2D eigenvalue weighted by molar-refractivity contribution is 0.0505. The Bertz CT molecular complexity index is 899. The van der Waals surface area contributed by atoms with Crippen molar-refractivity contribution in [2.75, 3.05) is 11.9 Å². The van der Waals surface area contributed by atoms with Gasteiger partial charge in [0.2, 0.25) is 0 Å². The molecule has 2 aromatic rings. The normalized spacial score (nSPS) is 13.1. The number of hydrogen-bond donors (Lipinski definition) is 2. The van der Waals surface area contributed by atoms with Crippen molar-refractivity contribution in [3.63, 3.8) is 0 Å². The van der Waals surface area contributed by atoms with Crippen LogP contribution in [-0.4, -0.2) is 39.3 Å². The van der Waals surface area contributed by atoms with Crippen LogP contribution in [0.25, 0.3) is 0 Å². The van der Waals surface area contributed by atoms with Crippen molar-refractivity contribution < 1.29 is 24.2 Å². The summed E-state index contributed by atoms with van der Waals surface area (Å²) >= 11 is 1.36. The standard InChI is InChI=1S/C18H21N3O5S/c1-3-8-26-18(25)13-10-6-4-5-7-12(10)27-16(13)20-15(22)11-9-19-21(2)14(11)17(23)24/h9H,3-8H2,1-2H3,(H,20,22)(H,23,24). The molecule has 0 spiro atoms. The molecule has 144 valence electrons. The van der Waals surface area contributed by atoms with Gasteiger partial charge in [-0.1, -0.05) is 6.92 Å². The van der Waals surface area contributed by atoms with Gasteiger partial charge >= 0.3 is 11.9 Å². The van der Waals surface area contributed by atoms with Crippen molar-refractivity contribution in [3.05, 3.63) is 33.5 Å². The van der Waals surface area contributed by atoms with Crippen molar-refractivity contribution in [1.82, 2.24) is 9.78 Å². The summed E-state index contributed by atoms with van der Waals surface area (Å²) in [7, 11) is 1.46. The highest BCUT2D eigenvalue weighted by Gasteiger charge is 2.29. The lowest BCUT2D eigenvalue weighted by atomic mass is 9.95. The van der Waals surface area contributed by atoms with E-state index in [9.17, 15) is 19.5 Å². The van der Waals surface area contributed by atoms with Gasteiger partial charge in [0, 0.05) is 11.9 Å². The minimum Gasteiger partial charge on any atom is -0.477 e. The predicted molar refractivity (Wildman–Crippen MR) is 99.7 cm³/mol. The summed E-state index contributed by atoms with van der Waals surface area (Å²) in [5, 5.41) is 16.3. The molecular weight excluding hydrogens is 370 g/mol. The van der Waals surface area contributed by atoms with E-state index in [4.69, 9.17) is 4.74 Å². The summed E-state index contributed by atoms with van der Waals surface area (Å²) in [5.74, 6) is -2.30. The van der Waals surface area contributed by atoms with Crippen LogP contribution in [-0.2, 0) is 24.6 Å². The zero-order valence-electron chi connectivity index (χ0n) is 15.2. The van der Waals surface area contributed by atoms with Gasteiger partial charge in [0.25, 0.3) is 5.91 Å². The topological polar surface area (TPSA) is 111 Å². The number of thiophene rings is 1. The van der Waals surface area contributed by atoms with Gasteiger partial charge in [-0.05, 0) is 37.7 Å². The summed E-state index contributed by atoms with van der Waals surface area (Å²) in [6.45, 7) is 2.22. The van der Waals surface area contributed by atoms with Crippen molar-refractivity contribution in [3.8, 4) is 0 Å². The third-order valence-electron chi connectivity index (χ3n) is 4.43. The molecule has 0 fully saturated rings. The van der Waals surface area contributed by atoms with Crippen LogP contribution in [0.1, 0.15) is 67.8 Å². The highest BCUT2D eigenvalue weighted by atomic mass is 32.1. The number of nitrogens with zero attached hydrogens (tertiary/aromatic N) is 2. The van der Waals surface area contributed by atoms with Gasteiger partial charge in [-0.2, -0.15) is 5.10 Å². The maximum atomic E-state index is 12.7. The molecular formula is C18H21N3O5S. The fourth-order valence-electron chi connectivity index (χ4n) is 3.16. The lowest BCUT2D eigenvalue weighted by Gasteiger charge is -2.12. The Labute approximate surface area is 160 Å². The van der Waals surface area contributed by atoms with Gasteiger partial charge < -0.3 is 15.2 Å². The van der Waals surface area contributed by atoms with Gasteiger partial charge in [-0.25, -0.2) is 9.59 Å². The average Bonchev–Trinajstić information content (AvgIpc) is 3.19. The number of hydrogen-bond acceptors (Lipinski definition) is 6. The number of esters is 1. The molecule has 3 rings (SSSR count). The van der Waals surface area contributed by atoms with Crippen LogP contribution < -0.4 is 5.32 Å². The molecule has 1 aliphatic rings. The minimum atomic E-state index is -1.24. The Hall–Kier alpha value is -2.68. The third-order valence-corrected chi connectivity index (χ3v) is 5.63. The van der Waals surface area contributed by atoms with Crippen LogP contribution in [0, 0.1) is 0 Å². The highest BCUT2D eigenvalue weighted by molar-refractivity contribution is 7.17. The van der Waals surface area contributed by atoms with E-state index in [1.54, 1.807) is 0 Å². The quantitative estimate of drug-likeness (QED) is 0.733. The number of carboxylic acids is 1. The van der Waals surface area contributed by atoms with Gasteiger partial charge in [0.05, 0.1) is 23.9 Å². The predicted octanol–water partition coefficient (Wildman–Crippen LogP) is 2.88. The van der Waals surface area contributed by atoms with Crippen LogP contribution in [0.4, 0.5) is 5.00 Å². The Morgan fingerprint density at radius 2 is 2.07 bits per heavy atom. The van der Waals surface area contributed by atoms with Crippen LogP contribution in [0.2, 0.25) is 0 Å². The number of anilines is 1. The van der Waals surface area contributed by atoms with Gasteiger partial charge in [-0.15, -0.1) is 11.3 Å². The highest BCUT2D eigenvalue weighted by Crippen LogP contribution is 2.38. The molecule has 2 aromatic heterocycles. The van der Waals surface area contributed by atoms with Crippen LogP contribution >= 0.6 is 11.3 Å². The molecule has 1 amide bonds. The smallest absolute Gasteiger partial charge is 0.354 e. The SMILES string of the molecule is CCCOC(=O)c1c(NC(=O)c2cnn(C)c2C(=O)O)sc2c1CCCC2. The molecule has 0 saturated carbocycles. The second-order valence-corrected chi connectivity index (χ2v) is 7.45.